The highest BCUT2D eigenvalue weighted by molar-refractivity contribution is 7.98. The summed E-state index contributed by atoms with van der Waals surface area (Å²) >= 11 is 1.52. The number of hydrogen-bond donors (Lipinski definition) is 0. The fourth-order valence-electron chi connectivity index (χ4n) is 2.98. The third kappa shape index (κ3) is 3.98. The minimum absolute atomic E-state index is 0.345. The molecule has 0 aliphatic carbocycles. The van der Waals surface area contributed by atoms with E-state index in [1.54, 1.807) is 7.05 Å². The molecule has 7 heteroatoms. The number of unbranched alkanes of at least 4 members (excludes halogenated alkanes) is 1. The number of rotatable bonds is 6. The Morgan fingerprint density at radius 1 is 1.11 bits per heavy atom. The summed E-state index contributed by atoms with van der Waals surface area (Å²) in [6.07, 6.45) is 2.72. The Hall–Kier alpha value is -2.41. The molecule has 2 aromatic heterocycles. The molecule has 0 saturated carbocycles. The molecule has 0 aliphatic rings. The van der Waals surface area contributed by atoms with Gasteiger partial charge in [-0.25, -0.2) is 14.8 Å². The Morgan fingerprint density at radius 2 is 1.89 bits per heavy atom. The van der Waals surface area contributed by atoms with Crippen LogP contribution in [0, 0.1) is 6.92 Å². The van der Waals surface area contributed by atoms with Crippen LogP contribution in [0.1, 0.15) is 36.7 Å². The maximum absolute atomic E-state index is 12.8. The van der Waals surface area contributed by atoms with E-state index in [2.05, 4.69) is 42.0 Å². The van der Waals surface area contributed by atoms with Gasteiger partial charge >= 0.3 is 5.69 Å². The molecule has 3 rings (SSSR count). The molecule has 0 N–H and O–H groups in total. The fraction of sp³-hybridized carbons (Fsp3) is 0.400. The zero-order valence-corrected chi connectivity index (χ0v) is 17.0. The van der Waals surface area contributed by atoms with Gasteiger partial charge in [0, 0.05) is 26.3 Å². The van der Waals surface area contributed by atoms with E-state index in [4.69, 9.17) is 0 Å². The number of fused-ring (bicyclic) bond motifs is 1. The minimum atomic E-state index is -0.373. The summed E-state index contributed by atoms with van der Waals surface area (Å²) in [5.74, 6) is 1.38. The highest BCUT2D eigenvalue weighted by atomic mass is 32.2. The summed E-state index contributed by atoms with van der Waals surface area (Å²) < 4.78 is 2.55. The highest BCUT2D eigenvalue weighted by Crippen LogP contribution is 2.26. The molecule has 0 atom stereocenters. The minimum Gasteiger partial charge on any atom is -0.280 e. The number of nitrogens with zero attached hydrogens (tertiary/aromatic N) is 4. The van der Waals surface area contributed by atoms with Gasteiger partial charge in [-0.1, -0.05) is 43.2 Å². The van der Waals surface area contributed by atoms with Crippen molar-refractivity contribution < 1.29 is 0 Å². The van der Waals surface area contributed by atoms with Gasteiger partial charge in [0.1, 0.15) is 16.2 Å². The number of aromatic nitrogens is 4. The van der Waals surface area contributed by atoms with Crippen LogP contribution in [0.3, 0.4) is 0 Å². The highest BCUT2D eigenvalue weighted by Gasteiger charge is 2.17. The van der Waals surface area contributed by atoms with Crippen molar-refractivity contribution in [2.45, 2.75) is 43.9 Å². The van der Waals surface area contributed by atoms with Crippen LogP contribution in [0.5, 0.6) is 0 Å². The average Bonchev–Trinajstić information content (AvgIpc) is 2.67. The maximum Gasteiger partial charge on any atom is 0.332 e. The first-order valence-electron chi connectivity index (χ1n) is 9.07. The molecule has 0 aliphatic heterocycles. The standard InChI is InChI=1S/C20H24N4O2S/c1-5-6-10-15-21-17-16(19(25)24(4)20(26)23(17)3)18(22-15)27-12-14-9-7-8-13(2)11-14/h7-9,11H,5-6,10,12H2,1-4H3. The van der Waals surface area contributed by atoms with Crippen LogP contribution in [0.25, 0.3) is 11.0 Å². The van der Waals surface area contributed by atoms with Gasteiger partial charge in [0.25, 0.3) is 5.56 Å². The monoisotopic (exact) mass is 384 g/mol. The van der Waals surface area contributed by atoms with E-state index in [1.165, 1.54) is 34.5 Å². The summed E-state index contributed by atoms with van der Waals surface area (Å²) in [6, 6.07) is 8.28. The molecule has 0 amide bonds. The van der Waals surface area contributed by atoms with E-state index >= 15 is 0 Å². The number of hydrogen-bond acceptors (Lipinski definition) is 5. The van der Waals surface area contributed by atoms with E-state index < -0.39 is 0 Å². The van der Waals surface area contributed by atoms with Gasteiger partial charge in [0.2, 0.25) is 0 Å². The first-order chi connectivity index (χ1) is 12.9. The lowest BCUT2D eigenvalue weighted by Gasteiger charge is -2.12. The van der Waals surface area contributed by atoms with E-state index in [-0.39, 0.29) is 11.2 Å². The van der Waals surface area contributed by atoms with Crippen molar-refractivity contribution in [2.75, 3.05) is 0 Å². The summed E-state index contributed by atoms with van der Waals surface area (Å²) in [6.45, 7) is 4.17. The zero-order valence-electron chi connectivity index (χ0n) is 16.2. The Bertz CT molecular complexity index is 1100. The van der Waals surface area contributed by atoms with Crippen LogP contribution in [-0.4, -0.2) is 19.1 Å². The SMILES string of the molecule is CCCCc1nc(SCc2cccc(C)c2)c2c(=O)n(C)c(=O)n(C)c2n1. The first-order valence-corrected chi connectivity index (χ1v) is 10.1. The maximum atomic E-state index is 12.8. The van der Waals surface area contributed by atoms with Crippen LogP contribution in [-0.2, 0) is 26.3 Å². The molecule has 0 radical (unpaired) electrons. The number of aryl methyl sites for hydroxylation is 3. The molecule has 0 unspecified atom stereocenters. The second-order valence-electron chi connectivity index (χ2n) is 6.73. The van der Waals surface area contributed by atoms with Crippen molar-refractivity contribution in [1.82, 2.24) is 19.1 Å². The molecular formula is C20H24N4O2S. The largest absolute Gasteiger partial charge is 0.332 e. The number of benzene rings is 1. The van der Waals surface area contributed by atoms with Crippen molar-refractivity contribution >= 4 is 22.8 Å². The summed E-state index contributed by atoms with van der Waals surface area (Å²) in [5.41, 5.74) is 2.06. The third-order valence-corrected chi connectivity index (χ3v) is 5.57. The van der Waals surface area contributed by atoms with Crippen molar-refractivity contribution in [2.24, 2.45) is 14.1 Å². The molecule has 142 valence electrons. The molecule has 0 spiro atoms. The Morgan fingerprint density at radius 3 is 2.59 bits per heavy atom. The molecule has 1 aromatic carbocycles. The van der Waals surface area contributed by atoms with Gasteiger partial charge in [0.15, 0.2) is 5.65 Å². The van der Waals surface area contributed by atoms with E-state index in [0.29, 0.717) is 27.6 Å². The van der Waals surface area contributed by atoms with Gasteiger partial charge in [-0.3, -0.25) is 13.9 Å². The van der Waals surface area contributed by atoms with Crippen LogP contribution in [0.15, 0.2) is 38.9 Å². The van der Waals surface area contributed by atoms with Crippen molar-refractivity contribution in [3.8, 4) is 0 Å². The van der Waals surface area contributed by atoms with E-state index in [0.717, 1.165) is 23.8 Å². The Kier molecular flexibility index (Phi) is 5.79. The van der Waals surface area contributed by atoms with Crippen LogP contribution < -0.4 is 11.2 Å². The topological polar surface area (TPSA) is 69.8 Å². The predicted octanol–water partition coefficient (Wildman–Crippen LogP) is 2.97. The molecular weight excluding hydrogens is 360 g/mol. The predicted molar refractivity (Wildman–Crippen MR) is 109 cm³/mol. The number of thioether (sulfide) groups is 1. The van der Waals surface area contributed by atoms with Crippen LogP contribution in [0.2, 0.25) is 0 Å². The second kappa shape index (κ2) is 8.08. The summed E-state index contributed by atoms with van der Waals surface area (Å²) in [5, 5.41) is 1.06. The smallest absolute Gasteiger partial charge is 0.280 e. The lowest BCUT2D eigenvalue weighted by atomic mass is 10.2. The molecule has 27 heavy (non-hydrogen) atoms. The summed E-state index contributed by atoms with van der Waals surface area (Å²) in [7, 11) is 3.14. The third-order valence-electron chi connectivity index (χ3n) is 4.53. The van der Waals surface area contributed by atoms with Crippen molar-refractivity contribution in [3.05, 3.63) is 62.1 Å². The van der Waals surface area contributed by atoms with Gasteiger partial charge in [-0.2, -0.15) is 0 Å². The van der Waals surface area contributed by atoms with Crippen molar-refractivity contribution in [3.63, 3.8) is 0 Å². The zero-order chi connectivity index (χ0) is 19.6. The molecule has 2 heterocycles. The van der Waals surface area contributed by atoms with Gasteiger partial charge in [0.05, 0.1) is 0 Å². The van der Waals surface area contributed by atoms with Crippen molar-refractivity contribution in [1.29, 1.82) is 0 Å². The molecule has 0 fully saturated rings. The molecule has 3 aromatic rings. The normalized spacial score (nSPS) is 11.3. The quantitative estimate of drug-likeness (QED) is 0.483. The first kappa shape index (κ1) is 19.4. The van der Waals surface area contributed by atoms with Gasteiger partial charge < -0.3 is 0 Å². The molecule has 0 saturated heterocycles. The lowest BCUT2D eigenvalue weighted by Crippen LogP contribution is -2.37. The molecule has 0 bridgehead atoms. The molecule has 6 nitrogen and oxygen atoms in total. The van der Waals surface area contributed by atoms with Gasteiger partial charge in [-0.05, 0) is 18.9 Å². The average molecular weight is 385 g/mol. The summed E-state index contributed by atoms with van der Waals surface area (Å²) in [4.78, 5) is 34.3. The second-order valence-corrected chi connectivity index (χ2v) is 7.69. The van der Waals surface area contributed by atoms with E-state index in [9.17, 15) is 9.59 Å². The fourth-order valence-corrected chi connectivity index (χ4v) is 3.95. The lowest BCUT2D eigenvalue weighted by molar-refractivity contribution is 0.690. The Balaban J connectivity index is 2.13. The van der Waals surface area contributed by atoms with Crippen LogP contribution >= 0.6 is 11.8 Å². The Labute approximate surface area is 162 Å². The van der Waals surface area contributed by atoms with E-state index in [1.807, 2.05) is 6.07 Å². The van der Waals surface area contributed by atoms with Gasteiger partial charge in [-0.15, -0.1) is 11.8 Å². The van der Waals surface area contributed by atoms with Crippen LogP contribution in [0.4, 0.5) is 0 Å².